The Balaban J connectivity index is 0.000000151. The van der Waals surface area contributed by atoms with E-state index in [1.54, 1.807) is 12.1 Å². The molecule has 0 unspecified atom stereocenters. The van der Waals surface area contributed by atoms with E-state index in [4.69, 9.17) is 15.2 Å². The van der Waals surface area contributed by atoms with Crippen molar-refractivity contribution >= 4 is 16.8 Å². The molecule has 1 aliphatic heterocycles. The largest absolute Gasteiger partial charge is 0.504 e. The second-order valence-electron chi connectivity index (χ2n) is 6.61. The Bertz CT molecular complexity index is 662. The van der Waals surface area contributed by atoms with Gasteiger partial charge in [0, 0.05) is 29.8 Å². The molecule has 0 spiro atoms. The average molecular weight is 362 g/mol. The van der Waals surface area contributed by atoms with Crippen LogP contribution in [0.3, 0.4) is 0 Å². The third kappa shape index (κ3) is 6.26. The van der Waals surface area contributed by atoms with E-state index in [0.29, 0.717) is 12.4 Å². The van der Waals surface area contributed by atoms with Gasteiger partial charge in [-0.15, -0.1) is 0 Å². The van der Waals surface area contributed by atoms with Crippen LogP contribution in [-0.4, -0.2) is 35.8 Å². The number of rotatable bonds is 2. The zero-order valence-electron chi connectivity index (χ0n) is 15.5. The first kappa shape index (κ1) is 20.1. The maximum absolute atomic E-state index is 10.3. The normalized spacial score (nSPS) is 19.0. The summed E-state index contributed by atoms with van der Waals surface area (Å²) in [4.78, 5) is 13.3. The highest BCUT2D eigenvalue weighted by atomic mass is 16.5. The quantitative estimate of drug-likeness (QED) is 0.755. The highest BCUT2D eigenvalue weighted by Crippen LogP contribution is 2.30. The van der Waals surface area contributed by atoms with Gasteiger partial charge in [-0.05, 0) is 25.0 Å². The van der Waals surface area contributed by atoms with E-state index in [9.17, 15) is 9.90 Å². The van der Waals surface area contributed by atoms with Crippen LogP contribution in [-0.2, 0) is 9.53 Å². The van der Waals surface area contributed by atoms with Gasteiger partial charge in [-0.2, -0.15) is 0 Å². The maximum Gasteiger partial charge on any atom is 0.246 e. The van der Waals surface area contributed by atoms with Gasteiger partial charge in [-0.3, -0.25) is 4.79 Å². The van der Waals surface area contributed by atoms with Crippen molar-refractivity contribution in [2.75, 3.05) is 13.7 Å². The fourth-order valence-corrected chi connectivity index (χ4v) is 3.09. The minimum Gasteiger partial charge on any atom is -0.504 e. The van der Waals surface area contributed by atoms with Crippen LogP contribution in [0.1, 0.15) is 51.4 Å². The molecule has 0 radical (unpaired) electrons. The first-order valence-electron chi connectivity index (χ1n) is 9.37. The molecule has 2 heterocycles. The van der Waals surface area contributed by atoms with Gasteiger partial charge in [0.05, 0.1) is 7.11 Å². The van der Waals surface area contributed by atoms with E-state index in [-0.39, 0.29) is 17.8 Å². The van der Waals surface area contributed by atoms with Crippen molar-refractivity contribution in [2.24, 2.45) is 5.73 Å². The summed E-state index contributed by atoms with van der Waals surface area (Å²) in [6.45, 7) is 0.688. The summed E-state index contributed by atoms with van der Waals surface area (Å²) in [5.41, 5.74) is 5.84. The number of phenolic OH excluding ortho intramolecular Hbond substituents is 1. The monoisotopic (exact) mass is 362 g/mol. The van der Waals surface area contributed by atoms with Crippen molar-refractivity contribution in [2.45, 2.75) is 57.5 Å². The molecule has 2 aromatic rings. The van der Waals surface area contributed by atoms with Crippen molar-refractivity contribution in [1.82, 2.24) is 4.98 Å². The highest BCUT2D eigenvalue weighted by Gasteiger charge is 2.19. The minimum atomic E-state index is -0.331. The second kappa shape index (κ2) is 10.7. The number of benzene rings is 1. The molecule has 0 bridgehead atoms. The number of hydrogen-bond acceptors (Lipinski definition) is 4. The number of carbonyl (C=O) groups is 1. The van der Waals surface area contributed by atoms with Gasteiger partial charge in [-0.1, -0.05) is 38.5 Å². The molecule has 1 amide bonds. The van der Waals surface area contributed by atoms with Gasteiger partial charge in [0.2, 0.25) is 5.91 Å². The van der Waals surface area contributed by atoms with Crippen molar-refractivity contribution in [3.63, 3.8) is 0 Å². The van der Waals surface area contributed by atoms with Crippen molar-refractivity contribution < 1.29 is 19.4 Å². The molecule has 1 aromatic carbocycles. The molecule has 26 heavy (non-hydrogen) atoms. The SMILES string of the molecule is C1CCCCC1.COc1cc2cc[nH]c2cc1O.NC(=O)[C@@H]1CCCO1. The summed E-state index contributed by atoms with van der Waals surface area (Å²) in [5, 5.41) is 10.4. The van der Waals surface area contributed by atoms with Crippen LogP contribution in [0, 0.1) is 0 Å². The third-order valence-electron chi connectivity index (χ3n) is 4.60. The van der Waals surface area contributed by atoms with E-state index in [1.807, 2.05) is 12.3 Å². The Kier molecular flexibility index (Phi) is 8.28. The topological polar surface area (TPSA) is 97.6 Å². The number of nitrogens with one attached hydrogen (secondary N) is 1. The number of hydrogen-bond donors (Lipinski definition) is 3. The summed E-state index contributed by atoms with van der Waals surface area (Å²) in [6, 6.07) is 5.37. The van der Waals surface area contributed by atoms with Crippen LogP contribution in [0.5, 0.6) is 11.5 Å². The number of H-pyrrole nitrogens is 1. The summed E-state index contributed by atoms with van der Waals surface area (Å²) in [6.07, 6.45) is 12.3. The number of phenols is 1. The van der Waals surface area contributed by atoms with Crippen molar-refractivity contribution in [3.05, 3.63) is 24.4 Å². The standard InChI is InChI=1S/C9H9NO2.C6H12.C5H9NO2/c1-12-9-4-6-2-3-10-7(6)5-8(9)11;1-2-4-6-5-3-1;6-5(7)4-2-1-3-8-4/h2-5,10-11H,1H3;1-6H2;4H,1-3H2,(H2,6,7)/t;;4-/m..0/s1. The maximum atomic E-state index is 10.3. The zero-order valence-corrected chi connectivity index (χ0v) is 15.5. The van der Waals surface area contributed by atoms with E-state index in [2.05, 4.69) is 4.98 Å². The fraction of sp³-hybridized carbons (Fsp3) is 0.550. The fourth-order valence-electron chi connectivity index (χ4n) is 3.09. The molecule has 1 saturated carbocycles. The van der Waals surface area contributed by atoms with Gasteiger partial charge < -0.3 is 25.3 Å². The smallest absolute Gasteiger partial charge is 0.246 e. The lowest BCUT2D eigenvalue weighted by atomic mass is 10.0. The first-order valence-corrected chi connectivity index (χ1v) is 9.37. The predicted octanol–water partition coefficient (Wildman–Crippen LogP) is 3.87. The second-order valence-corrected chi connectivity index (χ2v) is 6.61. The number of primary amides is 1. The molecule has 1 atom stereocenters. The summed E-state index contributed by atoms with van der Waals surface area (Å²) in [7, 11) is 1.54. The van der Waals surface area contributed by atoms with E-state index < -0.39 is 0 Å². The van der Waals surface area contributed by atoms with Crippen LogP contribution >= 0.6 is 0 Å². The van der Waals surface area contributed by atoms with Gasteiger partial charge >= 0.3 is 0 Å². The Hall–Kier alpha value is -2.21. The number of aromatic hydroxyl groups is 1. The number of carbonyl (C=O) groups excluding carboxylic acids is 1. The Morgan fingerprint density at radius 2 is 1.85 bits per heavy atom. The first-order chi connectivity index (χ1) is 12.6. The molecule has 4 rings (SSSR count). The van der Waals surface area contributed by atoms with E-state index in [1.165, 1.54) is 45.6 Å². The van der Waals surface area contributed by atoms with E-state index >= 15 is 0 Å². The zero-order chi connectivity index (χ0) is 18.8. The minimum absolute atomic E-state index is 0.160. The average Bonchev–Trinajstić information content (AvgIpc) is 3.35. The lowest BCUT2D eigenvalue weighted by molar-refractivity contribution is -0.126. The lowest BCUT2D eigenvalue weighted by Crippen LogP contribution is -2.27. The number of aromatic nitrogens is 1. The van der Waals surface area contributed by atoms with Crippen LogP contribution < -0.4 is 10.5 Å². The molecule has 144 valence electrons. The third-order valence-corrected chi connectivity index (χ3v) is 4.60. The molecule has 2 aliphatic rings. The van der Waals surface area contributed by atoms with Crippen LogP contribution in [0.4, 0.5) is 0 Å². The molecular formula is C20H30N2O4. The summed E-state index contributed by atoms with van der Waals surface area (Å²) >= 11 is 0. The number of aromatic amines is 1. The number of amides is 1. The molecular weight excluding hydrogens is 332 g/mol. The van der Waals surface area contributed by atoms with Gasteiger partial charge in [-0.25, -0.2) is 0 Å². The van der Waals surface area contributed by atoms with E-state index in [0.717, 1.165) is 23.7 Å². The number of nitrogens with two attached hydrogens (primary N) is 1. The number of fused-ring (bicyclic) bond motifs is 1. The summed E-state index contributed by atoms with van der Waals surface area (Å²) in [5.74, 6) is 0.331. The molecule has 1 aromatic heterocycles. The molecule has 6 nitrogen and oxygen atoms in total. The number of ether oxygens (including phenoxy) is 2. The lowest BCUT2D eigenvalue weighted by Gasteiger charge is -2.05. The van der Waals surface area contributed by atoms with Crippen LogP contribution in [0.25, 0.3) is 10.9 Å². The Labute approximate surface area is 154 Å². The molecule has 2 fully saturated rings. The molecule has 1 saturated heterocycles. The van der Waals surface area contributed by atoms with Gasteiger partial charge in [0.15, 0.2) is 11.5 Å². The molecule has 1 aliphatic carbocycles. The summed E-state index contributed by atoms with van der Waals surface area (Å²) < 4.78 is 9.90. The van der Waals surface area contributed by atoms with Gasteiger partial charge in [0.25, 0.3) is 0 Å². The van der Waals surface area contributed by atoms with Crippen LogP contribution in [0.2, 0.25) is 0 Å². The Morgan fingerprint density at radius 3 is 2.31 bits per heavy atom. The highest BCUT2D eigenvalue weighted by molar-refractivity contribution is 5.83. The van der Waals surface area contributed by atoms with Crippen LogP contribution in [0.15, 0.2) is 24.4 Å². The Morgan fingerprint density at radius 1 is 1.19 bits per heavy atom. The predicted molar refractivity (Wildman–Crippen MR) is 102 cm³/mol. The molecule has 6 heteroatoms. The van der Waals surface area contributed by atoms with Crippen molar-refractivity contribution in [1.29, 1.82) is 0 Å². The molecule has 4 N–H and O–H groups in total. The van der Waals surface area contributed by atoms with Gasteiger partial charge in [0.1, 0.15) is 6.10 Å². The number of methoxy groups -OCH3 is 1. The van der Waals surface area contributed by atoms with Crippen molar-refractivity contribution in [3.8, 4) is 11.5 Å².